The molecule has 4 rings (SSSR count). The summed E-state index contributed by atoms with van der Waals surface area (Å²) in [4.78, 5) is 5.98. The summed E-state index contributed by atoms with van der Waals surface area (Å²) in [6.07, 6.45) is 1.82. The number of para-hydroxylation sites is 1. The molecule has 1 aliphatic heterocycles. The summed E-state index contributed by atoms with van der Waals surface area (Å²) in [7, 11) is -1.83. The van der Waals surface area contributed by atoms with E-state index in [4.69, 9.17) is 9.73 Å². The number of sulfonamides is 1. The molecule has 0 aliphatic carbocycles. The maximum atomic E-state index is 13.3. The summed E-state index contributed by atoms with van der Waals surface area (Å²) in [5.74, 6) is 0.574. The number of piperidine rings is 1. The molecule has 32 heavy (non-hydrogen) atoms. The number of hydrogen-bond donors (Lipinski definition) is 0. The lowest BCUT2D eigenvalue weighted by Crippen LogP contribution is -2.37. The highest BCUT2D eigenvalue weighted by molar-refractivity contribution is 7.89. The van der Waals surface area contributed by atoms with E-state index in [1.54, 1.807) is 23.5 Å². The van der Waals surface area contributed by atoms with Crippen LogP contribution in [-0.2, 0) is 21.3 Å². The largest absolute Gasteiger partial charge is 0.383 e. The van der Waals surface area contributed by atoms with Crippen LogP contribution in [0.1, 0.15) is 19.8 Å². The standard InChI is InChI=1S/C24H29N3O3S2/c1-19-11-13-26(14-12-19)32(28,29)22-10-6-7-20(17-22)23-18-31-24(27(23)15-16-30-2)25-21-8-4-3-5-9-21/h3-10,17-19H,11-16H2,1-2H3. The van der Waals surface area contributed by atoms with Crippen LogP contribution in [0.2, 0.25) is 0 Å². The highest BCUT2D eigenvalue weighted by Crippen LogP contribution is 2.28. The Morgan fingerprint density at radius 2 is 1.84 bits per heavy atom. The van der Waals surface area contributed by atoms with Crippen molar-refractivity contribution in [1.82, 2.24) is 8.87 Å². The average Bonchev–Trinajstić information content (AvgIpc) is 3.21. The predicted octanol–water partition coefficient (Wildman–Crippen LogP) is 4.52. The van der Waals surface area contributed by atoms with Crippen molar-refractivity contribution in [3.63, 3.8) is 0 Å². The Labute approximate surface area is 193 Å². The van der Waals surface area contributed by atoms with Crippen LogP contribution in [-0.4, -0.2) is 44.1 Å². The molecule has 1 saturated heterocycles. The zero-order valence-corrected chi connectivity index (χ0v) is 20.1. The van der Waals surface area contributed by atoms with Crippen molar-refractivity contribution >= 4 is 27.0 Å². The SMILES string of the molecule is COCCn1c(-c2cccc(S(=O)(=O)N3CCC(C)CC3)c2)csc1=Nc1ccccc1. The Kier molecular flexibility index (Phi) is 7.25. The van der Waals surface area contributed by atoms with Crippen LogP contribution in [0.4, 0.5) is 5.69 Å². The molecule has 0 saturated carbocycles. The van der Waals surface area contributed by atoms with E-state index in [0.29, 0.717) is 37.1 Å². The van der Waals surface area contributed by atoms with E-state index in [1.165, 1.54) is 11.3 Å². The molecular formula is C24H29N3O3S2. The molecule has 0 bridgehead atoms. The maximum absolute atomic E-state index is 13.3. The topological polar surface area (TPSA) is 63.9 Å². The number of thiazole rings is 1. The van der Waals surface area contributed by atoms with E-state index in [9.17, 15) is 8.42 Å². The van der Waals surface area contributed by atoms with Crippen LogP contribution in [0, 0.1) is 5.92 Å². The Hall–Kier alpha value is -2.26. The van der Waals surface area contributed by atoms with Gasteiger partial charge in [-0.05, 0) is 43.0 Å². The molecule has 8 heteroatoms. The molecule has 1 aliphatic rings. The maximum Gasteiger partial charge on any atom is 0.243 e. The van der Waals surface area contributed by atoms with Gasteiger partial charge < -0.3 is 9.30 Å². The molecule has 1 fully saturated rings. The fourth-order valence-electron chi connectivity index (χ4n) is 3.85. The third-order valence-corrected chi connectivity index (χ3v) is 8.57. The fourth-order valence-corrected chi connectivity index (χ4v) is 6.32. The van der Waals surface area contributed by atoms with Crippen LogP contribution in [0.25, 0.3) is 11.3 Å². The normalized spacial score (nSPS) is 16.5. The highest BCUT2D eigenvalue weighted by atomic mass is 32.2. The summed E-state index contributed by atoms with van der Waals surface area (Å²) < 4.78 is 35.6. The Bertz CT molecular complexity index is 1210. The van der Waals surface area contributed by atoms with Gasteiger partial charge >= 0.3 is 0 Å². The number of nitrogens with zero attached hydrogens (tertiary/aromatic N) is 3. The molecular weight excluding hydrogens is 442 g/mol. The molecule has 0 amide bonds. The van der Waals surface area contributed by atoms with E-state index in [-0.39, 0.29) is 0 Å². The summed E-state index contributed by atoms with van der Waals surface area (Å²) >= 11 is 1.54. The molecule has 1 aromatic heterocycles. The van der Waals surface area contributed by atoms with Gasteiger partial charge in [0.15, 0.2) is 4.80 Å². The number of methoxy groups -OCH3 is 1. The molecule has 0 spiro atoms. The van der Waals surface area contributed by atoms with Crippen molar-refractivity contribution in [3.05, 3.63) is 64.8 Å². The van der Waals surface area contributed by atoms with Crippen molar-refractivity contribution in [2.24, 2.45) is 10.9 Å². The van der Waals surface area contributed by atoms with Crippen LogP contribution >= 0.6 is 11.3 Å². The number of benzene rings is 2. The lowest BCUT2D eigenvalue weighted by atomic mass is 10.0. The molecule has 0 unspecified atom stereocenters. The molecule has 170 valence electrons. The summed E-state index contributed by atoms with van der Waals surface area (Å²) in [6.45, 7) is 4.51. The van der Waals surface area contributed by atoms with Crippen molar-refractivity contribution in [3.8, 4) is 11.3 Å². The smallest absolute Gasteiger partial charge is 0.243 e. The average molecular weight is 472 g/mol. The lowest BCUT2D eigenvalue weighted by molar-refractivity contribution is 0.187. The third-order valence-electron chi connectivity index (χ3n) is 5.81. The van der Waals surface area contributed by atoms with E-state index in [1.807, 2.05) is 47.8 Å². The molecule has 0 radical (unpaired) electrons. The first-order chi connectivity index (χ1) is 15.5. The molecule has 2 heterocycles. The second-order valence-corrected chi connectivity index (χ2v) is 10.9. The molecule has 0 N–H and O–H groups in total. The summed E-state index contributed by atoms with van der Waals surface area (Å²) in [5.41, 5.74) is 2.67. The van der Waals surface area contributed by atoms with Crippen molar-refractivity contribution in [2.45, 2.75) is 31.2 Å². The first-order valence-electron chi connectivity index (χ1n) is 10.9. The quantitative estimate of drug-likeness (QED) is 0.509. The zero-order chi connectivity index (χ0) is 22.6. The van der Waals surface area contributed by atoms with Crippen molar-refractivity contribution in [2.75, 3.05) is 26.8 Å². The van der Waals surface area contributed by atoms with Gasteiger partial charge in [-0.15, -0.1) is 11.3 Å². The first-order valence-corrected chi connectivity index (χ1v) is 13.2. The minimum atomic E-state index is -3.51. The molecule has 0 atom stereocenters. The van der Waals surface area contributed by atoms with Crippen LogP contribution in [0.3, 0.4) is 0 Å². The zero-order valence-electron chi connectivity index (χ0n) is 18.5. The molecule has 3 aromatic rings. The Morgan fingerprint density at radius 1 is 1.09 bits per heavy atom. The van der Waals surface area contributed by atoms with Gasteiger partial charge in [0.05, 0.1) is 22.9 Å². The first kappa shape index (κ1) is 22.9. The summed E-state index contributed by atoms with van der Waals surface area (Å²) in [6, 6.07) is 17.1. The minimum absolute atomic E-state index is 0.343. The van der Waals surface area contributed by atoms with E-state index in [0.717, 1.165) is 34.6 Å². The molecule has 2 aromatic carbocycles. The fraction of sp³-hybridized carbons (Fsp3) is 0.375. The van der Waals surface area contributed by atoms with Gasteiger partial charge in [0, 0.05) is 37.7 Å². The number of aromatic nitrogens is 1. The Balaban J connectivity index is 1.72. The predicted molar refractivity (Wildman–Crippen MR) is 128 cm³/mol. The van der Waals surface area contributed by atoms with E-state index < -0.39 is 10.0 Å². The van der Waals surface area contributed by atoms with Gasteiger partial charge in [0.2, 0.25) is 10.0 Å². The van der Waals surface area contributed by atoms with Gasteiger partial charge in [-0.3, -0.25) is 0 Å². The second kappa shape index (κ2) is 10.1. The molecule has 6 nitrogen and oxygen atoms in total. The minimum Gasteiger partial charge on any atom is -0.383 e. The third kappa shape index (κ3) is 5.04. The Morgan fingerprint density at radius 3 is 2.56 bits per heavy atom. The van der Waals surface area contributed by atoms with Gasteiger partial charge in [0.25, 0.3) is 0 Å². The van der Waals surface area contributed by atoms with Crippen molar-refractivity contribution < 1.29 is 13.2 Å². The van der Waals surface area contributed by atoms with Crippen LogP contribution in [0.15, 0.2) is 69.9 Å². The van der Waals surface area contributed by atoms with Gasteiger partial charge in [-0.25, -0.2) is 13.4 Å². The van der Waals surface area contributed by atoms with E-state index >= 15 is 0 Å². The van der Waals surface area contributed by atoms with Gasteiger partial charge in [-0.2, -0.15) is 4.31 Å². The highest BCUT2D eigenvalue weighted by Gasteiger charge is 2.28. The van der Waals surface area contributed by atoms with Crippen LogP contribution in [0.5, 0.6) is 0 Å². The van der Waals surface area contributed by atoms with E-state index in [2.05, 4.69) is 11.5 Å². The summed E-state index contributed by atoms with van der Waals surface area (Å²) in [5, 5.41) is 2.03. The second-order valence-electron chi connectivity index (χ2n) is 8.11. The monoisotopic (exact) mass is 471 g/mol. The number of rotatable bonds is 7. The van der Waals surface area contributed by atoms with Gasteiger partial charge in [0.1, 0.15) is 0 Å². The lowest BCUT2D eigenvalue weighted by Gasteiger charge is -2.29. The van der Waals surface area contributed by atoms with Gasteiger partial charge in [-0.1, -0.05) is 37.3 Å². The van der Waals surface area contributed by atoms with Crippen LogP contribution < -0.4 is 4.80 Å². The number of ether oxygens (including phenoxy) is 1. The number of hydrogen-bond acceptors (Lipinski definition) is 5. The van der Waals surface area contributed by atoms with Crippen molar-refractivity contribution in [1.29, 1.82) is 0 Å².